The molecule has 0 spiro atoms. The van der Waals surface area contributed by atoms with Crippen LogP contribution in [0.2, 0.25) is 0 Å². The van der Waals surface area contributed by atoms with Crippen LogP contribution in [0.4, 0.5) is 0 Å². The molecule has 3 N–H and O–H groups in total. The van der Waals surface area contributed by atoms with Gasteiger partial charge in [-0.15, -0.1) is 0 Å². The van der Waals surface area contributed by atoms with Gasteiger partial charge in [0, 0.05) is 12.0 Å². The highest BCUT2D eigenvalue weighted by atomic mass is 16.3. The first-order valence-electron chi connectivity index (χ1n) is 6.25. The molecule has 0 saturated heterocycles. The zero-order valence-electron chi connectivity index (χ0n) is 10.4. The molecule has 0 bridgehead atoms. The summed E-state index contributed by atoms with van der Waals surface area (Å²) in [7, 11) is 0. The smallest absolute Gasteiger partial charge is 0.0802 e. The summed E-state index contributed by atoms with van der Waals surface area (Å²) in [6.45, 7) is 2.65. The second-order valence-electron chi connectivity index (χ2n) is 4.12. The molecule has 0 saturated carbocycles. The van der Waals surface area contributed by atoms with Crippen LogP contribution in [-0.4, -0.2) is 11.7 Å². The third-order valence-corrected chi connectivity index (χ3v) is 2.60. The van der Waals surface area contributed by atoms with Crippen molar-refractivity contribution in [1.29, 1.82) is 0 Å². The molecule has 0 aliphatic rings. The van der Waals surface area contributed by atoms with Crippen LogP contribution < -0.4 is 5.73 Å². The highest BCUT2D eigenvalue weighted by molar-refractivity contribution is 5.37. The molecule has 92 valence electrons. The van der Waals surface area contributed by atoms with Crippen molar-refractivity contribution in [2.75, 3.05) is 6.54 Å². The molecule has 0 aliphatic carbocycles. The summed E-state index contributed by atoms with van der Waals surface area (Å²) in [4.78, 5) is 0. The number of aliphatic hydroxyl groups is 1. The van der Waals surface area contributed by atoms with Gasteiger partial charge in [0.05, 0.1) is 6.10 Å². The third kappa shape index (κ3) is 5.04. The number of rotatable bonds is 5. The van der Waals surface area contributed by atoms with E-state index in [2.05, 4.69) is 18.8 Å². The van der Waals surface area contributed by atoms with Crippen molar-refractivity contribution in [2.45, 2.75) is 38.7 Å². The molecule has 1 unspecified atom stereocenters. The Morgan fingerprint density at radius 1 is 1.41 bits per heavy atom. The lowest BCUT2D eigenvalue weighted by Gasteiger charge is -2.09. The fraction of sp³-hybridized carbons (Fsp3) is 0.467. The van der Waals surface area contributed by atoms with Crippen molar-refractivity contribution < 1.29 is 5.11 Å². The Morgan fingerprint density at radius 3 is 2.94 bits per heavy atom. The molecule has 1 rings (SSSR count). The molecule has 0 fully saturated rings. The molecule has 0 aromatic heterocycles. The van der Waals surface area contributed by atoms with Gasteiger partial charge in [0.1, 0.15) is 0 Å². The first-order chi connectivity index (χ1) is 8.27. The van der Waals surface area contributed by atoms with Crippen molar-refractivity contribution in [2.24, 2.45) is 5.73 Å². The summed E-state index contributed by atoms with van der Waals surface area (Å²) in [6.07, 6.45) is 3.36. The molecule has 2 heteroatoms. The van der Waals surface area contributed by atoms with Gasteiger partial charge in [0.15, 0.2) is 0 Å². The summed E-state index contributed by atoms with van der Waals surface area (Å²) >= 11 is 0. The lowest BCUT2D eigenvalue weighted by molar-refractivity contribution is 0.170. The van der Waals surface area contributed by atoms with Gasteiger partial charge < -0.3 is 10.8 Å². The summed E-state index contributed by atoms with van der Waals surface area (Å²) < 4.78 is 0. The molecular weight excluding hydrogens is 210 g/mol. The van der Waals surface area contributed by atoms with Crippen molar-refractivity contribution in [1.82, 2.24) is 0 Å². The van der Waals surface area contributed by atoms with Crippen LogP contribution >= 0.6 is 0 Å². The van der Waals surface area contributed by atoms with Gasteiger partial charge in [-0.3, -0.25) is 0 Å². The fourth-order valence-corrected chi connectivity index (χ4v) is 1.58. The maximum Gasteiger partial charge on any atom is 0.0802 e. The topological polar surface area (TPSA) is 46.2 Å². The first kappa shape index (κ1) is 13.8. The minimum absolute atomic E-state index is 0.475. The summed E-state index contributed by atoms with van der Waals surface area (Å²) in [5, 5.41) is 9.83. The minimum Gasteiger partial charge on any atom is -0.388 e. The highest BCUT2D eigenvalue weighted by Gasteiger charge is 2.05. The van der Waals surface area contributed by atoms with Crippen LogP contribution in [0.1, 0.15) is 49.8 Å². The molecule has 0 heterocycles. The van der Waals surface area contributed by atoms with E-state index in [0.717, 1.165) is 24.0 Å². The molecule has 1 atom stereocenters. The molecule has 0 amide bonds. The Balaban J connectivity index is 2.67. The Hall–Kier alpha value is -1.30. The molecule has 0 aliphatic heterocycles. The van der Waals surface area contributed by atoms with Crippen molar-refractivity contribution in [3.63, 3.8) is 0 Å². The average molecular weight is 231 g/mol. The van der Waals surface area contributed by atoms with Crippen molar-refractivity contribution >= 4 is 0 Å². The standard InChI is InChI=1S/C15H21NO/c1-2-3-4-5-7-13-8-6-9-14(12-13)15(17)10-11-16/h6,8-9,12,15,17H,2-4,10-11,16H2,1H3. The predicted octanol–water partition coefficient (Wildman–Crippen LogP) is 2.61. The van der Waals surface area contributed by atoms with Gasteiger partial charge >= 0.3 is 0 Å². The van der Waals surface area contributed by atoms with E-state index in [1.165, 1.54) is 6.42 Å². The Kier molecular flexibility index (Phi) is 6.39. The zero-order valence-corrected chi connectivity index (χ0v) is 10.4. The van der Waals surface area contributed by atoms with Crippen LogP contribution in [0.25, 0.3) is 0 Å². The second kappa shape index (κ2) is 7.89. The zero-order chi connectivity index (χ0) is 12.5. The molecule has 2 nitrogen and oxygen atoms in total. The normalized spacial score (nSPS) is 11.7. The number of unbranched alkanes of at least 4 members (excludes halogenated alkanes) is 2. The Bertz CT molecular complexity index is 389. The van der Waals surface area contributed by atoms with E-state index in [-0.39, 0.29) is 0 Å². The maximum absolute atomic E-state index is 9.83. The number of hydrogen-bond acceptors (Lipinski definition) is 2. The van der Waals surface area contributed by atoms with E-state index < -0.39 is 6.10 Å². The third-order valence-electron chi connectivity index (χ3n) is 2.60. The monoisotopic (exact) mass is 231 g/mol. The fourth-order valence-electron chi connectivity index (χ4n) is 1.58. The SMILES string of the molecule is CCCCC#Cc1cccc(C(O)CCN)c1. The van der Waals surface area contributed by atoms with Crippen LogP contribution in [-0.2, 0) is 0 Å². The van der Waals surface area contributed by atoms with E-state index in [1.54, 1.807) is 0 Å². The first-order valence-corrected chi connectivity index (χ1v) is 6.25. The number of nitrogens with two attached hydrogens (primary N) is 1. The largest absolute Gasteiger partial charge is 0.388 e. The Morgan fingerprint density at radius 2 is 2.24 bits per heavy atom. The number of aliphatic hydroxyl groups excluding tert-OH is 1. The molecule has 1 aromatic rings. The molecule has 1 aromatic carbocycles. The van der Waals surface area contributed by atoms with E-state index in [1.807, 2.05) is 24.3 Å². The maximum atomic E-state index is 9.83. The van der Waals surface area contributed by atoms with Gasteiger partial charge in [0.2, 0.25) is 0 Å². The van der Waals surface area contributed by atoms with Gasteiger partial charge in [0.25, 0.3) is 0 Å². The van der Waals surface area contributed by atoms with Gasteiger partial charge in [-0.05, 0) is 37.1 Å². The molecule has 17 heavy (non-hydrogen) atoms. The predicted molar refractivity (Wildman–Crippen MR) is 71.5 cm³/mol. The summed E-state index contributed by atoms with van der Waals surface area (Å²) in [5.41, 5.74) is 7.30. The second-order valence-corrected chi connectivity index (χ2v) is 4.12. The van der Waals surface area contributed by atoms with E-state index in [4.69, 9.17) is 5.73 Å². The highest BCUT2D eigenvalue weighted by Crippen LogP contribution is 2.16. The van der Waals surface area contributed by atoms with Crippen LogP contribution in [0.5, 0.6) is 0 Å². The van der Waals surface area contributed by atoms with E-state index in [9.17, 15) is 5.11 Å². The lowest BCUT2D eigenvalue weighted by Crippen LogP contribution is -2.06. The van der Waals surface area contributed by atoms with Crippen LogP contribution in [0.15, 0.2) is 24.3 Å². The van der Waals surface area contributed by atoms with E-state index in [0.29, 0.717) is 13.0 Å². The van der Waals surface area contributed by atoms with Gasteiger partial charge in [-0.1, -0.05) is 37.3 Å². The molecule has 0 radical (unpaired) electrons. The van der Waals surface area contributed by atoms with E-state index >= 15 is 0 Å². The number of hydrogen-bond donors (Lipinski definition) is 2. The van der Waals surface area contributed by atoms with Crippen molar-refractivity contribution in [3.8, 4) is 11.8 Å². The minimum atomic E-state index is -0.475. The van der Waals surface area contributed by atoms with Gasteiger partial charge in [-0.2, -0.15) is 0 Å². The summed E-state index contributed by atoms with van der Waals surface area (Å²) in [5.74, 6) is 6.27. The number of benzene rings is 1. The van der Waals surface area contributed by atoms with Crippen LogP contribution in [0, 0.1) is 11.8 Å². The Labute approximate surface area is 104 Å². The van der Waals surface area contributed by atoms with Crippen molar-refractivity contribution in [3.05, 3.63) is 35.4 Å². The molecular formula is C15H21NO. The summed E-state index contributed by atoms with van der Waals surface area (Å²) in [6, 6.07) is 7.76. The van der Waals surface area contributed by atoms with Gasteiger partial charge in [-0.25, -0.2) is 0 Å². The average Bonchev–Trinajstić information content (AvgIpc) is 2.35. The lowest BCUT2D eigenvalue weighted by atomic mass is 10.0. The van der Waals surface area contributed by atoms with Crippen LogP contribution in [0.3, 0.4) is 0 Å². The quantitative estimate of drug-likeness (QED) is 0.604.